The van der Waals surface area contributed by atoms with Crippen LogP contribution in [-0.4, -0.2) is 27.4 Å². The predicted molar refractivity (Wildman–Crippen MR) is 137 cm³/mol. The zero-order valence-electron chi connectivity index (χ0n) is 19.4. The summed E-state index contributed by atoms with van der Waals surface area (Å²) in [7, 11) is 0. The minimum atomic E-state index is -0.276. The number of allylic oxidation sites excluding steroid dienone is 1. The maximum absolute atomic E-state index is 13.5. The fourth-order valence-corrected chi connectivity index (χ4v) is 5.26. The number of rotatable bonds is 5. The normalized spacial score (nSPS) is 16.5. The molecule has 178 valence electrons. The number of thiazole rings is 1. The first kappa shape index (κ1) is 23.2. The average Bonchev–Trinajstić information content (AvgIpc) is 3.32. The Balaban J connectivity index is 1.49. The Bertz CT molecular complexity index is 1470. The molecule has 0 amide bonds. The Labute approximate surface area is 206 Å². The largest absolute Gasteiger partial charge is 0.371 e. The van der Waals surface area contributed by atoms with Crippen LogP contribution < -0.4 is 5.56 Å². The summed E-state index contributed by atoms with van der Waals surface area (Å²) in [5, 5.41) is 1.87. The van der Waals surface area contributed by atoms with Crippen LogP contribution in [0, 0.1) is 18.6 Å². The molecule has 1 aliphatic rings. The number of likely N-dealkylation sites (tertiary alicyclic amines) is 1. The van der Waals surface area contributed by atoms with Gasteiger partial charge in [0.2, 0.25) is 0 Å². The second kappa shape index (κ2) is 9.96. The number of halogens is 2. The van der Waals surface area contributed by atoms with Crippen LogP contribution in [0.1, 0.15) is 35.2 Å². The monoisotopic (exact) mass is 489 g/mol. The highest BCUT2D eigenvalue weighted by atomic mass is 32.1. The van der Waals surface area contributed by atoms with Gasteiger partial charge in [-0.05, 0) is 79.3 Å². The van der Waals surface area contributed by atoms with Crippen molar-refractivity contribution in [3.05, 3.63) is 116 Å². The van der Waals surface area contributed by atoms with E-state index >= 15 is 0 Å². The van der Waals surface area contributed by atoms with Gasteiger partial charge in [0.15, 0.2) is 4.96 Å². The fourth-order valence-electron chi connectivity index (χ4n) is 4.50. The molecule has 0 N–H and O–H groups in total. The smallest absolute Gasteiger partial charge is 0.262 e. The van der Waals surface area contributed by atoms with Crippen LogP contribution in [0.15, 0.2) is 76.2 Å². The number of benzene rings is 2. The molecule has 1 saturated heterocycles. The number of aryl methyl sites for hydroxylation is 1. The number of nitrogens with zero attached hydrogens (tertiary/aromatic N) is 3. The first-order chi connectivity index (χ1) is 17.0. The van der Waals surface area contributed by atoms with E-state index in [0.29, 0.717) is 17.9 Å². The zero-order chi connectivity index (χ0) is 24.4. The Morgan fingerprint density at radius 1 is 1.00 bits per heavy atom. The van der Waals surface area contributed by atoms with E-state index in [9.17, 15) is 13.6 Å². The van der Waals surface area contributed by atoms with Gasteiger partial charge in [0.05, 0.1) is 0 Å². The maximum atomic E-state index is 13.5. The van der Waals surface area contributed by atoms with Crippen molar-refractivity contribution in [2.75, 3.05) is 13.1 Å². The molecule has 5 rings (SSSR count). The molecule has 0 radical (unpaired) electrons. The lowest BCUT2D eigenvalue weighted by atomic mass is 9.95. The lowest BCUT2D eigenvalue weighted by Gasteiger charge is -2.34. The molecule has 4 nitrogen and oxygen atoms in total. The maximum Gasteiger partial charge on any atom is 0.262 e. The van der Waals surface area contributed by atoms with E-state index in [4.69, 9.17) is 0 Å². The van der Waals surface area contributed by atoms with Crippen molar-refractivity contribution in [2.45, 2.75) is 26.2 Å². The first-order valence-corrected chi connectivity index (χ1v) is 12.5. The standard InChI is InChI=1S/C28H25F2N3OS/c1-19-25(27(34)33-15-16-35-28(33)31-19)12-14-32-13-2-3-22(17-20-4-8-23(29)9-5-20)26(32)18-21-6-10-24(30)11-7-21/h4-11,15-18H,2-3,12-14H2,1H3. The van der Waals surface area contributed by atoms with Gasteiger partial charge in [-0.1, -0.05) is 24.3 Å². The molecule has 0 saturated carbocycles. The van der Waals surface area contributed by atoms with Gasteiger partial charge in [-0.2, -0.15) is 0 Å². The van der Waals surface area contributed by atoms with E-state index in [0.717, 1.165) is 53.0 Å². The quantitative estimate of drug-likeness (QED) is 0.340. The topological polar surface area (TPSA) is 37.6 Å². The van der Waals surface area contributed by atoms with E-state index in [1.807, 2.05) is 12.3 Å². The zero-order valence-corrected chi connectivity index (χ0v) is 20.2. The molecule has 3 heterocycles. The average molecular weight is 490 g/mol. The Morgan fingerprint density at radius 2 is 1.66 bits per heavy atom. The van der Waals surface area contributed by atoms with Gasteiger partial charge in [0, 0.05) is 41.6 Å². The number of aromatic nitrogens is 2. The number of fused-ring (bicyclic) bond motifs is 1. The predicted octanol–water partition coefficient (Wildman–Crippen LogP) is 6.11. The molecular formula is C28H25F2N3OS. The number of hydrogen-bond acceptors (Lipinski definition) is 4. The molecule has 1 fully saturated rings. The fraction of sp³-hybridized carbons (Fsp3) is 0.214. The molecule has 0 atom stereocenters. The molecule has 2 aromatic heterocycles. The number of piperidine rings is 1. The van der Waals surface area contributed by atoms with Crippen molar-refractivity contribution in [3.63, 3.8) is 0 Å². The molecule has 0 unspecified atom stereocenters. The Kier molecular flexibility index (Phi) is 6.59. The van der Waals surface area contributed by atoms with Crippen LogP contribution in [0.4, 0.5) is 8.78 Å². The highest BCUT2D eigenvalue weighted by molar-refractivity contribution is 7.15. The highest BCUT2D eigenvalue weighted by Gasteiger charge is 2.21. The van der Waals surface area contributed by atoms with Crippen molar-refractivity contribution >= 4 is 28.4 Å². The van der Waals surface area contributed by atoms with Gasteiger partial charge in [-0.25, -0.2) is 13.8 Å². The van der Waals surface area contributed by atoms with Crippen LogP contribution in [-0.2, 0) is 6.42 Å². The van der Waals surface area contributed by atoms with E-state index in [2.05, 4.69) is 22.0 Å². The summed E-state index contributed by atoms with van der Waals surface area (Å²) in [6.07, 6.45) is 8.33. The summed E-state index contributed by atoms with van der Waals surface area (Å²) in [6.45, 7) is 3.39. The minimum absolute atomic E-state index is 0.0168. The summed E-state index contributed by atoms with van der Waals surface area (Å²) in [4.78, 5) is 20.6. The summed E-state index contributed by atoms with van der Waals surface area (Å²) in [5.74, 6) is -0.542. The molecule has 1 aliphatic heterocycles. The second-order valence-electron chi connectivity index (χ2n) is 8.68. The van der Waals surface area contributed by atoms with E-state index < -0.39 is 0 Å². The van der Waals surface area contributed by atoms with Crippen LogP contribution in [0.5, 0.6) is 0 Å². The molecule has 0 bridgehead atoms. The highest BCUT2D eigenvalue weighted by Crippen LogP contribution is 2.30. The molecule has 35 heavy (non-hydrogen) atoms. The second-order valence-corrected chi connectivity index (χ2v) is 9.55. The molecule has 7 heteroatoms. The summed E-state index contributed by atoms with van der Waals surface area (Å²) < 4.78 is 28.5. The van der Waals surface area contributed by atoms with Crippen LogP contribution in [0.3, 0.4) is 0 Å². The minimum Gasteiger partial charge on any atom is -0.371 e. The Hall–Kier alpha value is -3.58. The van der Waals surface area contributed by atoms with E-state index in [1.54, 1.807) is 34.9 Å². The third kappa shape index (κ3) is 5.10. The van der Waals surface area contributed by atoms with Gasteiger partial charge in [0.25, 0.3) is 5.56 Å². The van der Waals surface area contributed by atoms with Crippen LogP contribution in [0.25, 0.3) is 17.1 Å². The van der Waals surface area contributed by atoms with Crippen molar-refractivity contribution in [2.24, 2.45) is 0 Å². The third-order valence-electron chi connectivity index (χ3n) is 6.33. The molecule has 2 aromatic carbocycles. The van der Waals surface area contributed by atoms with Gasteiger partial charge < -0.3 is 4.90 Å². The first-order valence-electron chi connectivity index (χ1n) is 11.6. The number of hydrogen-bond donors (Lipinski definition) is 0. The van der Waals surface area contributed by atoms with Gasteiger partial charge in [-0.3, -0.25) is 9.20 Å². The van der Waals surface area contributed by atoms with Crippen molar-refractivity contribution in [1.29, 1.82) is 0 Å². The SMILES string of the molecule is Cc1nc2sccn2c(=O)c1CCN1CCCC(=Cc2ccc(F)cc2)C1=Cc1ccc(F)cc1. The molecular weight excluding hydrogens is 464 g/mol. The summed E-state index contributed by atoms with van der Waals surface area (Å²) >= 11 is 1.45. The molecule has 0 aliphatic carbocycles. The lowest BCUT2D eigenvalue weighted by Crippen LogP contribution is -2.33. The van der Waals surface area contributed by atoms with Gasteiger partial charge in [-0.15, -0.1) is 11.3 Å². The van der Waals surface area contributed by atoms with E-state index in [1.165, 1.54) is 35.6 Å². The lowest BCUT2D eigenvalue weighted by molar-refractivity contribution is 0.327. The van der Waals surface area contributed by atoms with Gasteiger partial charge >= 0.3 is 0 Å². The van der Waals surface area contributed by atoms with Crippen molar-refractivity contribution in [1.82, 2.24) is 14.3 Å². The van der Waals surface area contributed by atoms with Gasteiger partial charge in [0.1, 0.15) is 11.6 Å². The van der Waals surface area contributed by atoms with E-state index in [-0.39, 0.29) is 17.2 Å². The third-order valence-corrected chi connectivity index (χ3v) is 7.08. The van der Waals surface area contributed by atoms with Crippen LogP contribution >= 0.6 is 11.3 Å². The van der Waals surface area contributed by atoms with Crippen molar-refractivity contribution < 1.29 is 8.78 Å². The van der Waals surface area contributed by atoms with Crippen LogP contribution in [0.2, 0.25) is 0 Å². The molecule has 0 spiro atoms. The summed E-state index contributed by atoms with van der Waals surface area (Å²) in [5.41, 5.74) is 5.46. The Morgan fingerprint density at radius 3 is 2.34 bits per heavy atom. The van der Waals surface area contributed by atoms with Crippen molar-refractivity contribution in [3.8, 4) is 0 Å². The summed E-state index contributed by atoms with van der Waals surface area (Å²) in [6, 6.07) is 12.9. The molecule has 4 aromatic rings.